The van der Waals surface area contributed by atoms with Crippen molar-refractivity contribution in [2.24, 2.45) is 27.9 Å². The Bertz CT molecular complexity index is 442. The van der Waals surface area contributed by atoms with E-state index >= 15 is 0 Å². The van der Waals surface area contributed by atoms with E-state index in [-0.39, 0.29) is 18.2 Å². The van der Waals surface area contributed by atoms with Crippen LogP contribution in [0.15, 0.2) is 4.99 Å². The standard InChI is InChI=1S/C17H37N7O3/c18-8-6-10-22-9-4-5-11-23-16(27)15(26)14(19)13(25)7-2-1-3-12-24-17(20)21/h14-15,22,26H,1-12,18-19H2,(H,23,27)(H4,20,21,24). The minimum Gasteiger partial charge on any atom is -0.381 e. The van der Waals surface area contributed by atoms with Crippen LogP contribution in [0.4, 0.5) is 0 Å². The van der Waals surface area contributed by atoms with Gasteiger partial charge in [0.15, 0.2) is 17.8 Å². The molecule has 27 heavy (non-hydrogen) atoms. The number of nitrogens with two attached hydrogens (primary N) is 4. The van der Waals surface area contributed by atoms with Crippen LogP contribution in [0.25, 0.3) is 0 Å². The second-order valence-electron chi connectivity index (χ2n) is 6.44. The van der Waals surface area contributed by atoms with Crippen LogP contribution in [0.2, 0.25) is 0 Å². The van der Waals surface area contributed by atoms with Crippen LogP contribution in [-0.4, -0.2) is 67.6 Å². The summed E-state index contributed by atoms with van der Waals surface area (Å²) in [7, 11) is 0. The molecule has 1 amide bonds. The van der Waals surface area contributed by atoms with Crippen molar-refractivity contribution in [2.75, 3.05) is 32.7 Å². The predicted molar refractivity (Wildman–Crippen MR) is 107 cm³/mol. The Morgan fingerprint density at radius 3 is 2.30 bits per heavy atom. The number of carbonyl (C=O) groups is 2. The van der Waals surface area contributed by atoms with E-state index in [0.717, 1.165) is 45.2 Å². The van der Waals surface area contributed by atoms with Crippen LogP contribution in [0.5, 0.6) is 0 Å². The number of carbonyl (C=O) groups excluding carboxylic acids is 2. The number of hydrogen-bond acceptors (Lipinski definition) is 7. The summed E-state index contributed by atoms with van der Waals surface area (Å²) in [6, 6.07) is -1.21. The zero-order valence-electron chi connectivity index (χ0n) is 16.2. The summed E-state index contributed by atoms with van der Waals surface area (Å²) in [5.41, 5.74) is 21.5. The van der Waals surface area contributed by atoms with Crippen LogP contribution in [0.1, 0.15) is 44.9 Å². The van der Waals surface area contributed by atoms with Gasteiger partial charge < -0.3 is 38.7 Å². The van der Waals surface area contributed by atoms with Crippen molar-refractivity contribution in [1.29, 1.82) is 0 Å². The Labute approximate surface area is 161 Å². The van der Waals surface area contributed by atoms with Crippen LogP contribution in [0, 0.1) is 0 Å². The number of rotatable bonds is 17. The molecule has 0 aliphatic rings. The summed E-state index contributed by atoms with van der Waals surface area (Å²) in [5, 5.41) is 15.8. The number of aliphatic hydroxyl groups excluding tert-OH is 1. The number of unbranched alkanes of at least 4 members (excludes halogenated alkanes) is 3. The normalized spacial score (nSPS) is 13.0. The van der Waals surface area contributed by atoms with Crippen molar-refractivity contribution in [3.63, 3.8) is 0 Å². The molecule has 0 fully saturated rings. The summed E-state index contributed by atoms with van der Waals surface area (Å²) in [6.45, 7) is 3.33. The van der Waals surface area contributed by atoms with Gasteiger partial charge in [0.2, 0.25) is 0 Å². The van der Waals surface area contributed by atoms with E-state index < -0.39 is 18.1 Å². The number of aliphatic imine (C=N–C) groups is 1. The van der Waals surface area contributed by atoms with Crippen LogP contribution in [-0.2, 0) is 9.59 Å². The van der Waals surface area contributed by atoms with Crippen molar-refractivity contribution in [3.05, 3.63) is 0 Å². The number of nitrogens with one attached hydrogen (secondary N) is 2. The van der Waals surface area contributed by atoms with Gasteiger partial charge in [0, 0.05) is 19.5 Å². The summed E-state index contributed by atoms with van der Waals surface area (Å²) in [6.07, 6.45) is 3.41. The quantitative estimate of drug-likeness (QED) is 0.0837. The van der Waals surface area contributed by atoms with E-state index in [2.05, 4.69) is 15.6 Å². The summed E-state index contributed by atoms with van der Waals surface area (Å²) < 4.78 is 0. The molecule has 0 rings (SSSR count). The average Bonchev–Trinajstić information content (AvgIpc) is 2.64. The number of aliphatic hydroxyl groups is 1. The molecule has 0 spiro atoms. The van der Waals surface area contributed by atoms with Crippen molar-refractivity contribution >= 4 is 17.6 Å². The number of nitrogens with zero attached hydrogens (tertiary/aromatic N) is 1. The van der Waals surface area contributed by atoms with Crippen LogP contribution < -0.4 is 33.6 Å². The van der Waals surface area contributed by atoms with Gasteiger partial charge in [-0.3, -0.25) is 14.6 Å². The molecule has 0 bridgehead atoms. The van der Waals surface area contributed by atoms with Gasteiger partial charge in [-0.25, -0.2) is 0 Å². The SMILES string of the molecule is NCCCNCCCCNC(=O)C(O)C(N)C(=O)CCCCCN=C(N)N. The maximum Gasteiger partial charge on any atom is 0.250 e. The second kappa shape index (κ2) is 16.4. The van der Waals surface area contributed by atoms with Gasteiger partial charge in [0.25, 0.3) is 5.91 Å². The Morgan fingerprint density at radius 1 is 0.963 bits per heavy atom. The van der Waals surface area contributed by atoms with E-state index in [9.17, 15) is 14.7 Å². The van der Waals surface area contributed by atoms with Crippen molar-refractivity contribution in [3.8, 4) is 0 Å². The lowest BCUT2D eigenvalue weighted by atomic mass is 10.0. The van der Waals surface area contributed by atoms with E-state index in [1.165, 1.54) is 0 Å². The Morgan fingerprint density at radius 2 is 1.63 bits per heavy atom. The van der Waals surface area contributed by atoms with Gasteiger partial charge in [0.05, 0.1) is 6.04 Å². The molecule has 0 radical (unpaired) electrons. The first-order chi connectivity index (χ1) is 12.9. The zero-order chi connectivity index (χ0) is 20.5. The summed E-state index contributed by atoms with van der Waals surface area (Å²) >= 11 is 0. The third-order valence-electron chi connectivity index (χ3n) is 3.99. The van der Waals surface area contributed by atoms with Crippen LogP contribution in [0.3, 0.4) is 0 Å². The van der Waals surface area contributed by atoms with Gasteiger partial charge in [0.1, 0.15) is 0 Å². The topological polar surface area (TPSA) is 195 Å². The third-order valence-corrected chi connectivity index (χ3v) is 3.99. The molecule has 0 saturated carbocycles. The Kier molecular flexibility index (Phi) is 15.4. The molecule has 2 atom stereocenters. The van der Waals surface area contributed by atoms with Gasteiger partial charge in [-0.1, -0.05) is 6.42 Å². The maximum absolute atomic E-state index is 12.0. The molecular weight excluding hydrogens is 350 g/mol. The molecule has 0 aromatic carbocycles. The minimum absolute atomic E-state index is 0.0464. The van der Waals surface area contributed by atoms with Gasteiger partial charge in [-0.15, -0.1) is 0 Å². The van der Waals surface area contributed by atoms with Gasteiger partial charge in [-0.05, 0) is 51.7 Å². The highest BCUT2D eigenvalue weighted by Gasteiger charge is 2.27. The molecule has 11 N–H and O–H groups in total. The largest absolute Gasteiger partial charge is 0.381 e. The average molecular weight is 388 g/mol. The first kappa shape index (κ1) is 25.2. The van der Waals surface area contributed by atoms with E-state index in [1.807, 2.05) is 0 Å². The van der Waals surface area contributed by atoms with Crippen molar-refractivity contribution in [2.45, 2.75) is 57.1 Å². The number of ketones is 1. The fraction of sp³-hybridized carbons (Fsp3) is 0.824. The van der Waals surface area contributed by atoms with E-state index in [4.69, 9.17) is 22.9 Å². The predicted octanol–water partition coefficient (Wildman–Crippen LogP) is -2.09. The monoisotopic (exact) mass is 387 g/mol. The van der Waals surface area contributed by atoms with Gasteiger partial charge in [-0.2, -0.15) is 0 Å². The van der Waals surface area contributed by atoms with Crippen LogP contribution >= 0.6 is 0 Å². The number of guanidine groups is 1. The highest BCUT2D eigenvalue weighted by molar-refractivity contribution is 5.92. The van der Waals surface area contributed by atoms with E-state index in [1.54, 1.807) is 0 Å². The van der Waals surface area contributed by atoms with E-state index in [0.29, 0.717) is 26.1 Å². The fourth-order valence-corrected chi connectivity index (χ4v) is 2.35. The van der Waals surface area contributed by atoms with Gasteiger partial charge >= 0.3 is 0 Å². The smallest absolute Gasteiger partial charge is 0.250 e. The number of Topliss-reactive ketones (excluding diaryl/α,β-unsaturated/α-hetero) is 1. The number of hydrogen-bond donors (Lipinski definition) is 7. The molecule has 0 aliphatic heterocycles. The fourth-order valence-electron chi connectivity index (χ4n) is 2.35. The molecule has 158 valence electrons. The third kappa shape index (κ3) is 14.0. The summed E-state index contributed by atoms with van der Waals surface area (Å²) in [4.78, 5) is 27.7. The molecule has 2 unspecified atom stereocenters. The molecule has 0 aromatic rings. The summed E-state index contributed by atoms with van der Waals surface area (Å²) in [5.74, 6) is -0.895. The Balaban J connectivity index is 3.83. The highest BCUT2D eigenvalue weighted by Crippen LogP contribution is 2.05. The number of amides is 1. The molecule has 0 aromatic heterocycles. The molecule has 10 nitrogen and oxygen atoms in total. The first-order valence-corrected chi connectivity index (χ1v) is 9.60. The molecule has 0 heterocycles. The van der Waals surface area contributed by atoms with Crippen molar-refractivity contribution in [1.82, 2.24) is 10.6 Å². The first-order valence-electron chi connectivity index (χ1n) is 9.60. The molecular formula is C17H37N7O3. The van der Waals surface area contributed by atoms with Crippen molar-refractivity contribution < 1.29 is 14.7 Å². The zero-order valence-corrected chi connectivity index (χ0v) is 16.2. The molecule has 0 saturated heterocycles. The lowest BCUT2D eigenvalue weighted by Gasteiger charge is -2.17. The molecule has 0 aliphatic carbocycles. The highest BCUT2D eigenvalue weighted by atomic mass is 16.3. The molecule has 10 heteroatoms. The lowest BCUT2D eigenvalue weighted by Crippen LogP contribution is -2.50. The second-order valence-corrected chi connectivity index (χ2v) is 6.44. The Hall–Kier alpha value is -1.75. The maximum atomic E-state index is 12.0. The minimum atomic E-state index is -1.53. The lowest BCUT2D eigenvalue weighted by molar-refractivity contribution is -0.135.